The molecular weight excluding hydrogens is 334 g/mol. The van der Waals surface area contributed by atoms with Crippen LogP contribution in [0.15, 0.2) is 24.3 Å². The normalized spacial score (nSPS) is 10.7. The Bertz CT molecular complexity index is 661. The molecular formula is C16H20ClN3O2S. The van der Waals surface area contributed by atoms with Crippen molar-refractivity contribution in [2.45, 2.75) is 13.3 Å². The lowest BCUT2D eigenvalue weighted by atomic mass is 10.1. The molecule has 5 nitrogen and oxygen atoms in total. The maximum Gasteiger partial charge on any atom is 0.240 e. The highest BCUT2D eigenvalue weighted by atomic mass is 35.5. The minimum Gasteiger partial charge on any atom is -0.383 e. The molecule has 2 rings (SSSR count). The van der Waals surface area contributed by atoms with E-state index < -0.39 is 0 Å². The summed E-state index contributed by atoms with van der Waals surface area (Å²) in [5.41, 5.74) is 2.06. The fourth-order valence-electron chi connectivity index (χ4n) is 2.02. The number of nitrogens with one attached hydrogen (secondary N) is 2. The Hall–Kier alpha value is -1.47. The minimum absolute atomic E-state index is 0.107. The van der Waals surface area contributed by atoms with Gasteiger partial charge in [-0.1, -0.05) is 23.7 Å². The van der Waals surface area contributed by atoms with Crippen molar-refractivity contribution in [3.63, 3.8) is 0 Å². The van der Waals surface area contributed by atoms with Crippen molar-refractivity contribution in [1.29, 1.82) is 0 Å². The van der Waals surface area contributed by atoms with Crippen molar-refractivity contribution in [1.82, 2.24) is 10.3 Å². The second kappa shape index (κ2) is 8.98. The molecule has 1 aromatic carbocycles. The van der Waals surface area contributed by atoms with Crippen LogP contribution in [0.25, 0.3) is 0 Å². The number of nitrogens with zero attached hydrogens (tertiary/aromatic N) is 1. The van der Waals surface area contributed by atoms with E-state index >= 15 is 0 Å². The lowest BCUT2D eigenvalue weighted by Crippen LogP contribution is -2.30. The van der Waals surface area contributed by atoms with Crippen molar-refractivity contribution in [3.8, 4) is 0 Å². The third kappa shape index (κ3) is 5.91. The summed E-state index contributed by atoms with van der Waals surface area (Å²) in [6.07, 6.45) is 0.756. The summed E-state index contributed by atoms with van der Waals surface area (Å²) in [6, 6.07) is 7.76. The van der Waals surface area contributed by atoms with Gasteiger partial charge in [-0.25, -0.2) is 4.98 Å². The smallest absolute Gasteiger partial charge is 0.240 e. The van der Waals surface area contributed by atoms with E-state index in [0.29, 0.717) is 18.3 Å². The van der Waals surface area contributed by atoms with Gasteiger partial charge in [-0.05, 0) is 24.6 Å². The first-order chi connectivity index (χ1) is 11.1. The van der Waals surface area contributed by atoms with E-state index in [2.05, 4.69) is 15.6 Å². The maximum absolute atomic E-state index is 11.8. The van der Waals surface area contributed by atoms with Crippen LogP contribution in [0.4, 0.5) is 5.13 Å². The molecule has 124 valence electrons. The van der Waals surface area contributed by atoms with Crippen LogP contribution in [-0.2, 0) is 16.0 Å². The highest BCUT2D eigenvalue weighted by Crippen LogP contribution is 2.25. The number of carbonyl (C=O) groups is 1. The van der Waals surface area contributed by atoms with Gasteiger partial charge >= 0.3 is 0 Å². The van der Waals surface area contributed by atoms with Crippen LogP contribution in [0.2, 0.25) is 5.02 Å². The maximum atomic E-state index is 11.8. The van der Waals surface area contributed by atoms with E-state index in [-0.39, 0.29) is 12.5 Å². The number of rotatable bonds is 8. The molecule has 1 amide bonds. The Labute approximate surface area is 145 Å². The molecule has 0 unspecified atom stereocenters. The molecule has 1 aromatic heterocycles. The number of methoxy groups -OCH3 is 1. The number of hydrogen-bond donors (Lipinski definition) is 2. The van der Waals surface area contributed by atoms with Crippen molar-refractivity contribution in [3.05, 3.63) is 45.4 Å². The average molecular weight is 354 g/mol. The summed E-state index contributed by atoms with van der Waals surface area (Å²) in [5, 5.41) is 7.16. The summed E-state index contributed by atoms with van der Waals surface area (Å²) < 4.78 is 4.91. The van der Waals surface area contributed by atoms with E-state index in [0.717, 1.165) is 27.6 Å². The van der Waals surface area contributed by atoms with Crippen LogP contribution in [0.1, 0.15) is 16.1 Å². The number of benzene rings is 1. The number of amides is 1. The van der Waals surface area contributed by atoms with E-state index in [1.807, 2.05) is 31.2 Å². The van der Waals surface area contributed by atoms with Gasteiger partial charge in [0.15, 0.2) is 5.13 Å². The number of halogens is 1. The molecule has 0 aliphatic carbocycles. The van der Waals surface area contributed by atoms with Crippen molar-refractivity contribution in [2.75, 3.05) is 32.1 Å². The second-order valence-corrected chi connectivity index (χ2v) is 6.57. The summed E-state index contributed by atoms with van der Waals surface area (Å²) in [4.78, 5) is 17.4. The number of thiazole rings is 1. The van der Waals surface area contributed by atoms with Crippen molar-refractivity contribution >= 4 is 34.0 Å². The number of carbonyl (C=O) groups excluding carboxylic acids is 1. The topological polar surface area (TPSA) is 63.2 Å². The Morgan fingerprint density at radius 1 is 1.43 bits per heavy atom. The van der Waals surface area contributed by atoms with E-state index in [9.17, 15) is 4.79 Å². The van der Waals surface area contributed by atoms with Crippen LogP contribution in [0.5, 0.6) is 0 Å². The van der Waals surface area contributed by atoms with Gasteiger partial charge < -0.3 is 15.4 Å². The first-order valence-electron chi connectivity index (χ1n) is 7.28. The third-order valence-electron chi connectivity index (χ3n) is 3.16. The molecule has 23 heavy (non-hydrogen) atoms. The predicted molar refractivity (Wildman–Crippen MR) is 94.5 cm³/mol. The van der Waals surface area contributed by atoms with Crippen molar-refractivity contribution < 1.29 is 9.53 Å². The number of hydrogen-bond acceptors (Lipinski definition) is 5. The zero-order valence-electron chi connectivity index (χ0n) is 13.2. The number of ether oxygens (including phenoxy) is 1. The predicted octanol–water partition coefficient (Wildman–Crippen LogP) is 2.87. The standard InChI is InChI=1S/C16H20ClN3O2S/c1-11-14(9-12-4-3-5-13(17)8-12)23-16(19-11)20-15(21)10-18-6-7-22-2/h3-5,8,18H,6-7,9-10H2,1-2H3,(H,19,20,21). The number of aromatic nitrogens is 1. The van der Waals surface area contributed by atoms with Gasteiger partial charge in [0.25, 0.3) is 0 Å². The van der Waals surface area contributed by atoms with Gasteiger partial charge in [0.1, 0.15) is 0 Å². The van der Waals surface area contributed by atoms with Crippen LogP contribution in [-0.4, -0.2) is 37.7 Å². The molecule has 0 bridgehead atoms. The van der Waals surface area contributed by atoms with Gasteiger partial charge in [-0.2, -0.15) is 0 Å². The van der Waals surface area contributed by atoms with Crippen LogP contribution < -0.4 is 10.6 Å². The first kappa shape index (κ1) is 17.9. The number of aryl methyl sites for hydroxylation is 1. The highest BCUT2D eigenvalue weighted by Gasteiger charge is 2.11. The molecule has 7 heteroatoms. The zero-order chi connectivity index (χ0) is 16.7. The molecule has 0 saturated heterocycles. The Morgan fingerprint density at radius 2 is 2.26 bits per heavy atom. The fraction of sp³-hybridized carbons (Fsp3) is 0.375. The van der Waals surface area contributed by atoms with E-state index in [1.54, 1.807) is 7.11 Å². The van der Waals surface area contributed by atoms with Crippen LogP contribution in [0.3, 0.4) is 0 Å². The van der Waals surface area contributed by atoms with Crippen LogP contribution >= 0.6 is 22.9 Å². The van der Waals surface area contributed by atoms with Gasteiger partial charge in [0.05, 0.1) is 18.8 Å². The van der Waals surface area contributed by atoms with Crippen molar-refractivity contribution in [2.24, 2.45) is 0 Å². The van der Waals surface area contributed by atoms with Gasteiger partial charge in [0, 0.05) is 30.0 Å². The molecule has 0 radical (unpaired) electrons. The molecule has 0 aliphatic rings. The molecule has 0 spiro atoms. The SMILES string of the molecule is COCCNCC(=O)Nc1nc(C)c(Cc2cccc(Cl)c2)s1. The lowest BCUT2D eigenvalue weighted by Gasteiger charge is -2.03. The second-order valence-electron chi connectivity index (χ2n) is 5.05. The van der Waals surface area contributed by atoms with E-state index in [1.165, 1.54) is 11.3 Å². The lowest BCUT2D eigenvalue weighted by molar-refractivity contribution is -0.115. The summed E-state index contributed by atoms with van der Waals surface area (Å²) in [7, 11) is 1.63. The summed E-state index contributed by atoms with van der Waals surface area (Å²) in [6.45, 7) is 3.41. The quantitative estimate of drug-likeness (QED) is 0.716. The molecule has 2 aromatic rings. The largest absolute Gasteiger partial charge is 0.383 e. The van der Waals surface area contributed by atoms with E-state index in [4.69, 9.17) is 16.3 Å². The Kier molecular flexibility index (Phi) is 6.98. The molecule has 1 heterocycles. The minimum atomic E-state index is -0.107. The molecule has 0 atom stereocenters. The Morgan fingerprint density at radius 3 is 3.00 bits per heavy atom. The first-order valence-corrected chi connectivity index (χ1v) is 8.48. The summed E-state index contributed by atoms with van der Waals surface area (Å²) in [5.74, 6) is -0.107. The van der Waals surface area contributed by atoms with Gasteiger partial charge in [0.2, 0.25) is 5.91 Å². The highest BCUT2D eigenvalue weighted by molar-refractivity contribution is 7.15. The van der Waals surface area contributed by atoms with Gasteiger partial charge in [-0.15, -0.1) is 11.3 Å². The monoisotopic (exact) mass is 353 g/mol. The molecule has 0 saturated carbocycles. The zero-order valence-corrected chi connectivity index (χ0v) is 14.8. The molecule has 2 N–H and O–H groups in total. The average Bonchev–Trinajstić information content (AvgIpc) is 2.83. The van der Waals surface area contributed by atoms with Crippen LogP contribution in [0, 0.1) is 6.92 Å². The third-order valence-corrected chi connectivity index (χ3v) is 4.47. The number of anilines is 1. The Balaban J connectivity index is 1.91. The van der Waals surface area contributed by atoms with Gasteiger partial charge in [-0.3, -0.25) is 4.79 Å². The fourth-order valence-corrected chi connectivity index (χ4v) is 3.24. The molecule has 0 aliphatic heterocycles. The summed E-state index contributed by atoms with van der Waals surface area (Å²) >= 11 is 7.50. The molecule has 0 fully saturated rings.